The van der Waals surface area contributed by atoms with Crippen molar-refractivity contribution in [3.63, 3.8) is 0 Å². The molecule has 0 radical (unpaired) electrons. The van der Waals surface area contributed by atoms with Crippen LogP contribution in [0.4, 0.5) is 0 Å². The largest absolute Gasteiger partial charge is 0.276 e. The summed E-state index contributed by atoms with van der Waals surface area (Å²) in [5.41, 5.74) is 7.74. The summed E-state index contributed by atoms with van der Waals surface area (Å²) in [5, 5.41) is 4.40. The number of hydrogen-bond acceptors (Lipinski definition) is 3. The van der Waals surface area contributed by atoms with Crippen molar-refractivity contribution in [2.24, 2.45) is 12.9 Å². The third-order valence-corrected chi connectivity index (χ3v) is 3.27. The summed E-state index contributed by atoms with van der Waals surface area (Å²) in [6.07, 6.45) is 2.75. The van der Waals surface area contributed by atoms with Crippen molar-refractivity contribution >= 4 is 0 Å². The monoisotopic (exact) mass is 244 g/mol. The molecule has 2 aromatic rings. The lowest BCUT2D eigenvalue weighted by Crippen LogP contribution is -2.30. The number of aryl methyl sites for hydroxylation is 3. The summed E-state index contributed by atoms with van der Waals surface area (Å²) in [7, 11) is 1.92. The van der Waals surface area contributed by atoms with Gasteiger partial charge in [0, 0.05) is 19.7 Å². The zero-order chi connectivity index (χ0) is 13.1. The van der Waals surface area contributed by atoms with E-state index in [2.05, 4.69) is 42.6 Å². The number of hydrazine groups is 1. The van der Waals surface area contributed by atoms with Crippen LogP contribution in [-0.2, 0) is 13.5 Å². The standard InChI is InChI=1S/C14H20N4/c1-10-5-4-6-11(2)14(10)13(16-15)9-12-7-8-18(3)17-12/h4-8,13,16H,9,15H2,1-3H3. The number of benzene rings is 1. The lowest BCUT2D eigenvalue weighted by Gasteiger charge is -2.20. The number of rotatable bonds is 4. The second-order valence-electron chi connectivity index (χ2n) is 4.71. The third kappa shape index (κ3) is 2.60. The fraction of sp³-hybridized carbons (Fsp3) is 0.357. The summed E-state index contributed by atoms with van der Waals surface area (Å²) in [5.74, 6) is 5.71. The zero-order valence-corrected chi connectivity index (χ0v) is 11.1. The van der Waals surface area contributed by atoms with E-state index in [1.54, 1.807) is 0 Å². The molecule has 3 N–H and O–H groups in total. The molecule has 1 unspecified atom stereocenters. The Bertz CT molecular complexity index is 510. The van der Waals surface area contributed by atoms with Crippen LogP contribution in [0.5, 0.6) is 0 Å². The van der Waals surface area contributed by atoms with Crippen LogP contribution >= 0.6 is 0 Å². The first-order chi connectivity index (χ1) is 8.61. The first-order valence-electron chi connectivity index (χ1n) is 6.12. The van der Waals surface area contributed by atoms with Crippen molar-refractivity contribution in [3.05, 3.63) is 52.8 Å². The van der Waals surface area contributed by atoms with Gasteiger partial charge in [-0.25, -0.2) is 0 Å². The first kappa shape index (κ1) is 12.8. The van der Waals surface area contributed by atoms with Crippen molar-refractivity contribution in [2.75, 3.05) is 0 Å². The minimum Gasteiger partial charge on any atom is -0.276 e. The highest BCUT2D eigenvalue weighted by Crippen LogP contribution is 2.23. The minimum absolute atomic E-state index is 0.0982. The van der Waals surface area contributed by atoms with Crippen molar-refractivity contribution in [1.29, 1.82) is 0 Å². The number of nitrogens with two attached hydrogens (primary N) is 1. The van der Waals surface area contributed by atoms with Gasteiger partial charge >= 0.3 is 0 Å². The molecule has 4 heteroatoms. The zero-order valence-electron chi connectivity index (χ0n) is 11.1. The highest BCUT2D eigenvalue weighted by molar-refractivity contribution is 5.36. The fourth-order valence-electron chi connectivity index (χ4n) is 2.40. The van der Waals surface area contributed by atoms with E-state index in [-0.39, 0.29) is 6.04 Å². The first-order valence-corrected chi connectivity index (χ1v) is 6.12. The second kappa shape index (κ2) is 5.33. The molecule has 1 heterocycles. The number of nitrogens with one attached hydrogen (secondary N) is 1. The fourth-order valence-corrected chi connectivity index (χ4v) is 2.40. The summed E-state index contributed by atoms with van der Waals surface area (Å²) in [4.78, 5) is 0. The lowest BCUT2D eigenvalue weighted by atomic mass is 9.94. The van der Waals surface area contributed by atoms with Crippen LogP contribution in [0.3, 0.4) is 0 Å². The van der Waals surface area contributed by atoms with E-state index in [0.29, 0.717) is 0 Å². The van der Waals surface area contributed by atoms with Crippen LogP contribution in [0.2, 0.25) is 0 Å². The molecule has 0 amide bonds. The molecule has 0 spiro atoms. The lowest BCUT2D eigenvalue weighted by molar-refractivity contribution is 0.536. The molecule has 96 valence electrons. The van der Waals surface area contributed by atoms with Crippen molar-refractivity contribution < 1.29 is 0 Å². The second-order valence-corrected chi connectivity index (χ2v) is 4.71. The predicted octanol–water partition coefficient (Wildman–Crippen LogP) is 1.78. The van der Waals surface area contributed by atoms with Gasteiger partial charge in [0.25, 0.3) is 0 Å². The Balaban J connectivity index is 2.28. The van der Waals surface area contributed by atoms with E-state index in [9.17, 15) is 0 Å². The van der Waals surface area contributed by atoms with E-state index in [4.69, 9.17) is 5.84 Å². The van der Waals surface area contributed by atoms with E-state index >= 15 is 0 Å². The molecule has 0 fully saturated rings. The van der Waals surface area contributed by atoms with Gasteiger partial charge in [-0.05, 0) is 36.6 Å². The maximum absolute atomic E-state index is 5.71. The van der Waals surface area contributed by atoms with Crippen molar-refractivity contribution in [1.82, 2.24) is 15.2 Å². The van der Waals surface area contributed by atoms with Gasteiger partial charge in [0.1, 0.15) is 0 Å². The molecule has 4 nitrogen and oxygen atoms in total. The summed E-state index contributed by atoms with van der Waals surface area (Å²) in [6, 6.07) is 8.43. The molecular weight excluding hydrogens is 224 g/mol. The average molecular weight is 244 g/mol. The van der Waals surface area contributed by atoms with Crippen LogP contribution in [-0.4, -0.2) is 9.78 Å². The van der Waals surface area contributed by atoms with Gasteiger partial charge in [-0.2, -0.15) is 5.10 Å². The van der Waals surface area contributed by atoms with E-state index in [0.717, 1.165) is 12.1 Å². The van der Waals surface area contributed by atoms with Crippen LogP contribution in [0.15, 0.2) is 30.5 Å². The normalized spacial score (nSPS) is 12.7. The number of nitrogens with zero attached hydrogens (tertiary/aromatic N) is 2. The highest BCUT2D eigenvalue weighted by Gasteiger charge is 2.16. The Morgan fingerprint density at radius 2 is 1.94 bits per heavy atom. The Labute approximate surface area is 108 Å². The summed E-state index contributed by atoms with van der Waals surface area (Å²) in [6.45, 7) is 4.23. The Kier molecular flexibility index (Phi) is 3.79. The minimum atomic E-state index is 0.0982. The molecule has 18 heavy (non-hydrogen) atoms. The molecule has 0 aliphatic carbocycles. The molecule has 0 bridgehead atoms. The summed E-state index contributed by atoms with van der Waals surface area (Å²) >= 11 is 0. The van der Waals surface area contributed by atoms with Crippen LogP contribution < -0.4 is 11.3 Å². The SMILES string of the molecule is Cc1cccc(C)c1C(Cc1ccn(C)n1)NN. The van der Waals surface area contributed by atoms with Gasteiger partial charge in [0.15, 0.2) is 0 Å². The Hall–Kier alpha value is -1.65. The molecule has 1 aromatic heterocycles. The van der Waals surface area contributed by atoms with Gasteiger partial charge in [0.2, 0.25) is 0 Å². The Morgan fingerprint density at radius 1 is 1.28 bits per heavy atom. The van der Waals surface area contributed by atoms with Crippen molar-refractivity contribution in [2.45, 2.75) is 26.3 Å². The van der Waals surface area contributed by atoms with Gasteiger partial charge in [-0.3, -0.25) is 16.0 Å². The molecule has 1 aromatic carbocycles. The summed E-state index contributed by atoms with van der Waals surface area (Å²) < 4.78 is 1.81. The van der Waals surface area contributed by atoms with Gasteiger partial charge < -0.3 is 0 Å². The predicted molar refractivity (Wildman–Crippen MR) is 72.9 cm³/mol. The van der Waals surface area contributed by atoms with E-state index in [1.807, 2.05) is 24.0 Å². The third-order valence-electron chi connectivity index (χ3n) is 3.27. The van der Waals surface area contributed by atoms with Gasteiger partial charge in [-0.1, -0.05) is 18.2 Å². The Morgan fingerprint density at radius 3 is 2.44 bits per heavy atom. The molecule has 0 aliphatic heterocycles. The van der Waals surface area contributed by atoms with Crippen LogP contribution in [0.1, 0.15) is 28.4 Å². The molecule has 0 saturated carbocycles. The average Bonchev–Trinajstić information content (AvgIpc) is 2.73. The molecular formula is C14H20N4. The van der Waals surface area contributed by atoms with E-state index in [1.165, 1.54) is 16.7 Å². The van der Waals surface area contributed by atoms with Crippen molar-refractivity contribution in [3.8, 4) is 0 Å². The van der Waals surface area contributed by atoms with Crippen LogP contribution in [0.25, 0.3) is 0 Å². The quantitative estimate of drug-likeness (QED) is 0.637. The van der Waals surface area contributed by atoms with Gasteiger partial charge in [0.05, 0.1) is 11.7 Å². The molecule has 1 atom stereocenters. The van der Waals surface area contributed by atoms with Crippen LogP contribution in [0, 0.1) is 13.8 Å². The smallest absolute Gasteiger partial charge is 0.0643 e. The highest BCUT2D eigenvalue weighted by atomic mass is 15.3. The maximum Gasteiger partial charge on any atom is 0.0643 e. The maximum atomic E-state index is 5.71. The molecule has 0 saturated heterocycles. The molecule has 0 aliphatic rings. The molecule has 2 rings (SSSR count). The topological polar surface area (TPSA) is 55.9 Å². The van der Waals surface area contributed by atoms with E-state index < -0.39 is 0 Å². The van der Waals surface area contributed by atoms with Gasteiger partial charge in [-0.15, -0.1) is 0 Å². The number of hydrogen-bond donors (Lipinski definition) is 2. The number of aromatic nitrogens is 2.